The van der Waals surface area contributed by atoms with Crippen LogP contribution in [0.25, 0.3) is 0 Å². The van der Waals surface area contributed by atoms with Gasteiger partial charge in [0.15, 0.2) is 0 Å². The number of halogens is 1. The molecule has 1 aliphatic rings. The predicted octanol–water partition coefficient (Wildman–Crippen LogP) is 1.01. The molecule has 1 aliphatic heterocycles. The lowest BCUT2D eigenvalue weighted by molar-refractivity contribution is 0.0597. The van der Waals surface area contributed by atoms with Crippen LogP contribution in [0, 0.1) is 3.57 Å². The van der Waals surface area contributed by atoms with Crippen molar-refractivity contribution < 1.29 is 14.7 Å². The minimum Gasteiger partial charge on any atom is -0.465 e. The van der Waals surface area contributed by atoms with Gasteiger partial charge in [-0.25, -0.2) is 9.69 Å². The van der Waals surface area contributed by atoms with Gasteiger partial charge in [0.2, 0.25) is 0 Å². The summed E-state index contributed by atoms with van der Waals surface area (Å²) < 4.78 is 2.23. The first-order valence-electron chi connectivity index (χ1n) is 4.30. The molecule has 1 N–H and O–H groups in total. The third-order valence-corrected chi connectivity index (χ3v) is 3.09. The van der Waals surface area contributed by atoms with Crippen LogP contribution in [-0.4, -0.2) is 37.8 Å². The fraction of sp³-hybridized carbons (Fsp3) is 0.375. The highest BCUT2D eigenvalue weighted by Gasteiger charge is 2.36. The second-order valence-electron chi connectivity index (χ2n) is 3.33. The lowest BCUT2D eigenvalue weighted by Gasteiger charge is -2.29. The minimum atomic E-state index is -1.21. The van der Waals surface area contributed by atoms with Gasteiger partial charge >= 0.3 is 6.09 Å². The highest BCUT2D eigenvalue weighted by molar-refractivity contribution is 14.1. The first-order valence-corrected chi connectivity index (χ1v) is 5.38. The number of imide groups is 1. The van der Waals surface area contributed by atoms with Gasteiger partial charge in [0.05, 0.1) is 22.4 Å². The molecule has 0 saturated carbocycles. The fourth-order valence-corrected chi connectivity index (χ4v) is 2.27. The molecule has 2 rings (SSSR count). The number of carbonyl (C=O) groups is 2. The van der Waals surface area contributed by atoms with Crippen molar-refractivity contribution in [1.29, 1.82) is 0 Å². The maximum absolute atomic E-state index is 11.8. The molecule has 2 heterocycles. The smallest absolute Gasteiger partial charge is 0.414 e. The number of hydrogen-bond donors (Lipinski definition) is 1. The molecule has 0 aromatic carbocycles. The monoisotopic (exact) mass is 321 g/mol. The third kappa shape index (κ3) is 1.50. The number of fused-ring (bicyclic) bond motifs is 1. The van der Waals surface area contributed by atoms with E-state index in [1.54, 1.807) is 17.8 Å². The Labute approximate surface area is 99.0 Å². The fourth-order valence-electron chi connectivity index (χ4n) is 1.64. The molecule has 6 nitrogen and oxygen atoms in total. The van der Waals surface area contributed by atoms with E-state index in [2.05, 4.69) is 5.10 Å². The standard InChI is InChI=1S/C8H8IN3O3/c1-4-3-11-6(5(9)2-10-11)7(13)12(4)8(14)15/h2,4H,3H2,1H3,(H,14,15)/t4-/m0/s1. The molecule has 0 radical (unpaired) electrons. The Morgan fingerprint density at radius 2 is 2.40 bits per heavy atom. The van der Waals surface area contributed by atoms with Gasteiger partial charge < -0.3 is 5.11 Å². The van der Waals surface area contributed by atoms with Gasteiger partial charge in [0, 0.05) is 0 Å². The summed E-state index contributed by atoms with van der Waals surface area (Å²) in [6.45, 7) is 2.10. The molecule has 80 valence electrons. The van der Waals surface area contributed by atoms with Crippen LogP contribution in [-0.2, 0) is 6.54 Å². The second kappa shape index (κ2) is 3.47. The first kappa shape index (κ1) is 10.4. The number of rotatable bonds is 0. The summed E-state index contributed by atoms with van der Waals surface area (Å²) in [6.07, 6.45) is 0.349. The van der Waals surface area contributed by atoms with Crippen molar-refractivity contribution in [2.75, 3.05) is 0 Å². The van der Waals surface area contributed by atoms with Crippen molar-refractivity contribution in [3.8, 4) is 0 Å². The minimum absolute atomic E-state index is 0.358. The normalized spacial score (nSPS) is 20.3. The second-order valence-corrected chi connectivity index (χ2v) is 4.49. The number of aromatic nitrogens is 2. The van der Waals surface area contributed by atoms with Gasteiger partial charge in [-0.1, -0.05) is 0 Å². The van der Waals surface area contributed by atoms with Crippen LogP contribution in [0.15, 0.2) is 6.20 Å². The zero-order valence-electron chi connectivity index (χ0n) is 7.85. The van der Waals surface area contributed by atoms with E-state index in [-0.39, 0.29) is 6.04 Å². The molecule has 1 atom stereocenters. The van der Waals surface area contributed by atoms with E-state index >= 15 is 0 Å². The van der Waals surface area contributed by atoms with E-state index in [9.17, 15) is 9.59 Å². The molecule has 0 bridgehead atoms. The molecule has 0 fully saturated rings. The van der Waals surface area contributed by atoms with Crippen molar-refractivity contribution in [3.05, 3.63) is 15.5 Å². The van der Waals surface area contributed by atoms with Gasteiger partial charge in [-0.05, 0) is 29.5 Å². The van der Waals surface area contributed by atoms with Crippen molar-refractivity contribution >= 4 is 34.6 Å². The summed E-state index contributed by atoms with van der Waals surface area (Å²) in [5.74, 6) is -0.497. The lowest BCUT2D eigenvalue weighted by atomic mass is 10.2. The van der Waals surface area contributed by atoms with Crippen LogP contribution in [0.1, 0.15) is 17.4 Å². The van der Waals surface area contributed by atoms with Crippen molar-refractivity contribution in [1.82, 2.24) is 14.7 Å². The Morgan fingerprint density at radius 3 is 3.00 bits per heavy atom. The molecular weight excluding hydrogens is 313 g/mol. The van der Waals surface area contributed by atoms with Crippen LogP contribution in [0.2, 0.25) is 0 Å². The largest absolute Gasteiger partial charge is 0.465 e. The lowest BCUT2D eigenvalue weighted by Crippen LogP contribution is -2.49. The zero-order chi connectivity index (χ0) is 11.2. The van der Waals surface area contributed by atoms with Crippen molar-refractivity contribution in [2.45, 2.75) is 19.5 Å². The molecular formula is C8H8IN3O3. The van der Waals surface area contributed by atoms with E-state index < -0.39 is 12.0 Å². The topological polar surface area (TPSA) is 75.4 Å². The maximum atomic E-state index is 11.8. The molecule has 0 saturated heterocycles. The summed E-state index contributed by atoms with van der Waals surface area (Å²) in [7, 11) is 0. The van der Waals surface area contributed by atoms with Gasteiger partial charge in [-0.3, -0.25) is 9.48 Å². The van der Waals surface area contributed by atoms with E-state index in [1.165, 1.54) is 0 Å². The average Bonchev–Trinajstić information content (AvgIpc) is 2.46. The SMILES string of the molecule is C[C@H]1Cn2ncc(I)c2C(=O)N1C(=O)O. The number of nitrogens with zero attached hydrogens (tertiary/aromatic N) is 3. The van der Waals surface area contributed by atoms with Gasteiger partial charge in [-0.15, -0.1) is 0 Å². The van der Waals surface area contributed by atoms with Crippen LogP contribution >= 0.6 is 22.6 Å². The molecule has 2 amide bonds. The van der Waals surface area contributed by atoms with E-state index in [4.69, 9.17) is 5.11 Å². The highest BCUT2D eigenvalue weighted by Crippen LogP contribution is 2.21. The summed E-state index contributed by atoms with van der Waals surface area (Å²) >= 11 is 1.97. The van der Waals surface area contributed by atoms with Crippen LogP contribution in [0.5, 0.6) is 0 Å². The molecule has 0 spiro atoms. The number of carbonyl (C=O) groups excluding carboxylic acids is 1. The summed E-state index contributed by atoms with van der Waals surface area (Å²) in [4.78, 5) is 23.6. The molecule has 1 aromatic rings. The van der Waals surface area contributed by atoms with E-state index in [0.29, 0.717) is 15.8 Å². The molecule has 15 heavy (non-hydrogen) atoms. The van der Waals surface area contributed by atoms with Gasteiger partial charge in [0.1, 0.15) is 5.69 Å². The molecule has 0 unspecified atom stereocenters. The number of carboxylic acid groups (broad SMARTS) is 1. The maximum Gasteiger partial charge on any atom is 0.414 e. The molecule has 7 heteroatoms. The first-order chi connectivity index (χ1) is 7.02. The van der Waals surface area contributed by atoms with Gasteiger partial charge in [-0.2, -0.15) is 5.10 Å². The van der Waals surface area contributed by atoms with Crippen LogP contribution in [0.3, 0.4) is 0 Å². The predicted molar refractivity (Wildman–Crippen MR) is 58.6 cm³/mol. The third-order valence-electron chi connectivity index (χ3n) is 2.30. The molecule has 0 aliphatic carbocycles. The number of amides is 2. The van der Waals surface area contributed by atoms with Gasteiger partial charge in [0.25, 0.3) is 5.91 Å². The van der Waals surface area contributed by atoms with Crippen molar-refractivity contribution in [3.63, 3.8) is 0 Å². The zero-order valence-corrected chi connectivity index (χ0v) is 10.0. The quantitative estimate of drug-likeness (QED) is 0.724. The highest BCUT2D eigenvalue weighted by atomic mass is 127. The Morgan fingerprint density at radius 1 is 1.73 bits per heavy atom. The Balaban J connectivity index is 2.50. The Bertz CT molecular complexity index is 442. The Hall–Kier alpha value is -1.12. The Kier molecular flexibility index (Phi) is 2.41. The van der Waals surface area contributed by atoms with Crippen molar-refractivity contribution in [2.24, 2.45) is 0 Å². The molecule has 1 aromatic heterocycles. The van der Waals surface area contributed by atoms with E-state index in [1.807, 2.05) is 22.6 Å². The number of hydrogen-bond acceptors (Lipinski definition) is 3. The average molecular weight is 321 g/mol. The summed E-state index contributed by atoms with van der Waals surface area (Å²) in [6, 6.07) is -0.377. The summed E-state index contributed by atoms with van der Waals surface area (Å²) in [5.41, 5.74) is 0.358. The van der Waals surface area contributed by atoms with E-state index in [0.717, 1.165) is 4.90 Å². The van der Waals surface area contributed by atoms with Crippen LogP contribution < -0.4 is 0 Å². The van der Waals surface area contributed by atoms with Crippen LogP contribution in [0.4, 0.5) is 4.79 Å². The summed E-state index contributed by atoms with van der Waals surface area (Å²) in [5, 5.41) is 12.9.